The summed E-state index contributed by atoms with van der Waals surface area (Å²) in [5, 5.41) is 0. The number of rotatable bonds is 1. The highest BCUT2D eigenvalue weighted by Gasteiger charge is 2.05. The maximum atomic E-state index is 11.3. The first-order valence-electron chi connectivity index (χ1n) is 1.59. The Morgan fingerprint density at radius 2 is 1.17 bits per heavy atom. The van der Waals surface area contributed by atoms with Crippen LogP contribution in [0.25, 0.3) is 0 Å². The average molecular weight is 92.1 g/mol. The molecule has 2 heteroatoms. The molecule has 0 aromatic rings. The SMILES string of the molecule is [CH2]C(F)C([CH2])F. The molecule has 0 aliphatic carbocycles. The van der Waals surface area contributed by atoms with Gasteiger partial charge in [0, 0.05) is 0 Å². The second-order valence-corrected chi connectivity index (χ2v) is 1.03. The van der Waals surface area contributed by atoms with Gasteiger partial charge in [-0.2, -0.15) is 0 Å². The van der Waals surface area contributed by atoms with Crippen LogP contribution in [0.3, 0.4) is 0 Å². The van der Waals surface area contributed by atoms with E-state index in [1.165, 1.54) is 0 Å². The third-order valence-electron chi connectivity index (χ3n) is 0.392. The summed E-state index contributed by atoms with van der Waals surface area (Å²) in [6.07, 6.45) is -3.35. The fourth-order valence-corrected chi connectivity index (χ4v) is 0. The molecule has 6 heavy (non-hydrogen) atoms. The molecular weight excluding hydrogens is 86.0 g/mol. The Morgan fingerprint density at radius 1 is 1.00 bits per heavy atom. The molecule has 2 radical (unpaired) electrons. The van der Waals surface area contributed by atoms with Gasteiger partial charge in [0.05, 0.1) is 0 Å². The summed E-state index contributed by atoms with van der Waals surface area (Å²) in [5.41, 5.74) is 0. The summed E-state index contributed by atoms with van der Waals surface area (Å²) in [6, 6.07) is 0. The van der Waals surface area contributed by atoms with Gasteiger partial charge < -0.3 is 0 Å². The van der Waals surface area contributed by atoms with Crippen molar-refractivity contribution >= 4 is 0 Å². The smallest absolute Gasteiger partial charge is 0.131 e. The highest BCUT2D eigenvalue weighted by molar-refractivity contribution is 4.70. The number of halogens is 2. The molecule has 2 atom stereocenters. The van der Waals surface area contributed by atoms with Crippen LogP contribution in [0.1, 0.15) is 0 Å². The second-order valence-electron chi connectivity index (χ2n) is 1.03. The summed E-state index contributed by atoms with van der Waals surface area (Å²) < 4.78 is 22.6. The maximum absolute atomic E-state index is 11.3. The normalized spacial score (nSPS) is 20.0. The lowest BCUT2D eigenvalue weighted by atomic mass is 10.3. The van der Waals surface area contributed by atoms with Crippen LogP contribution in [0.15, 0.2) is 0 Å². The molecule has 0 saturated heterocycles. The van der Waals surface area contributed by atoms with Crippen molar-refractivity contribution < 1.29 is 8.78 Å². The topological polar surface area (TPSA) is 0 Å². The van der Waals surface area contributed by atoms with Crippen LogP contribution in [0.4, 0.5) is 8.78 Å². The predicted molar refractivity (Wildman–Crippen MR) is 20.5 cm³/mol. The minimum absolute atomic E-state index is 1.68. The number of alkyl halides is 2. The zero-order valence-electron chi connectivity index (χ0n) is 3.32. The van der Waals surface area contributed by atoms with E-state index in [9.17, 15) is 8.78 Å². The quantitative estimate of drug-likeness (QED) is 0.457. The fourth-order valence-electron chi connectivity index (χ4n) is 0. The Morgan fingerprint density at radius 3 is 1.17 bits per heavy atom. The lowest BCUT2D eigenvalue weighted by Crippen LogP contribution is -2.07. The molecule has 0 heterocycles. The minimum Gasteiger partial charge on any atom is -0.244 e. The van der Waals surface area contributed by atoms with Crippen LogP contribution >= 0.6 is 0 Å². The van der Waals surface area contributed by atoms with Gasteiger partial charge in [0.2, 0.25) is 0 Å². The van der Waals surface area contributed by atoms with E-state index in [2.05, 4.69) is 13.8 Å². The van der Waals surface area contributed by atoms with E-state index in [1.807, 2.05) is 0 Å². The zero-order chi connectivity index (χ0) is 5.15. The van der Waals surface area contributed by atoms with Crippen molar-refractivity contribution in [3.8, 4) is 0 Å². The third kappa shape index (κ3) is 2.12. The van der Waals surface area contributed by atoms with Crippen LogP contribution in [-0.4, -0.2) is 12.3 Å². The van der Waals surface area contributed by atoms with Gasteiger partial charge in [0.25, 0.3) is 0 Å². The van der Waals surface area contributed by atoms with Crippen molar-refractivity contribution in [3.63, 3.8) is 0 Å². The zero-order valence-corrected chi connectivity index (χ0v) is 3.32. The van der Waals surface area contributed by atoms with Crippen molar-refractivity contribution in [2.75, 3.05) is 0 Å². The Bertz CT molecular complexity index is 26.5. The first kappa shape index (κ1) is 5.86. The van der Waals surface area contributed by atoms with Crippen molar-refractivity contribution in [2.45, 2.75) is 12.3 Å². The van der Waals surface area contributed by atoms with Crippen LogP contribution < -0.4 is 0 Å². The van der Waals surface area contributed by atoms with Crippen LogP contribution in [0, 0.1) is 13.8 Å². The fraction of sp³-hybridized carbons (Fsp3) is 0.500. The monoisotopic (exact) mass is 92.0 g/mol. The van der Waals surface area contributed by atoms with Crippen LogP contribution in [-0.2, 0) is 0 Å². The van der Waals surface area contributed by atoms with Gasteiger partial charge in [-0.3, -0.25) is 0 Å². The number of hydrogen-bond donors (Lipinski definition) is 0. The molecule has 36 valence electrons. The van der Waals surface area contributed by atoms with E-state index in [4.69, 9.17) is 0 Å². The van der Waals surface area contributed by atoms with Crippen molar-refractivity contribution in [2.24, 2.45) is 0 Å². The maximum Gasteiger partial charge on any atom is 0.131 e. The largest absolute Gasteiger partial charge is 0.244 e. The van der Waals surface area contributed by atoms with E-state index in [0.717, 1.165) is 0 Å². The summed E-state index contributed by atoms with van der Waals surface area (Å²) >= 11 is 0. The third-order valence-corrected chi connectivity index (χ3v) is 0.392. The van der Waals surface area contributed by atoms with Gasteiger partial charge in [-0.1, -0.05) is 0 Å². The lowest BCUT2D eigenvalue weighted by molar-refractivity contribution is 0.243. The van der Waals surface area contributed by atoms with Gasteiger partial charge >= 0.3 is 0 Å². The molecule has 0 fully saturated rings. The Hall–Kier alpha value is -0.140. The highest BCUT2D eigenvalue weighted by Crippen LogP contribution is 1.97. The molecular formula is C4H6F2. The lowest BCUT2D eigenvalue weighted by Gasteiger charge is -1.96. The molecule has 0 saturated carbocycles. The molecule has 0 spiro atoms. The van der Waals surface area contributed by atoms with Crippen molar-refractivity contribution in [1.29, 1.82) is 0 Å². The predicted octanol–water partition coefficient (Wildman–Crippen LogP) is 1.33. The molecule has 0 rings (SSSR count). The molecule has 0 aromatic carbocycles. The van der Waals surface area contributed by atoms with Crippen LogP contribution in [0.2, 0.25) is 0 Å². The molecule has 0 N–H and O–H groups in total. The first-order chi connectivity index (χ1) is 2.64. The summed E-state index contributed by atoms with van der Waals surface area (Å²) in [6.45, 7) is 5.47. The van der Waals surface area contributed by atoms with Crippen molar-refractivity contribution in [3.05, 3.63) is 13.8 Å². The molecule has 2 unspecified atom stereocenters. The second kappa shape index (κ2) is 2.11. The minimum atomic E-state index is -1.68. The molecule has 0 amide bonds. The van der Waals surface area contributed by atoms with Gasteiger partial charge in [-0.05, 0) is 13.8 Å². The standard InChI is InChI=1S/C4H6F2/c1-3(5)4(2)6/h3-4H,1-2H2. The molecule has 0 aliphatic rings. The first-order valence-corrected chi connectivity index (χ1v) is 1.59. The van der Waals surface area contributed by atoms with Gasteiger partial charge in [0.15, 0.2) is 0 Å². The Kier molecular flexibility index (Phi) is 2.06. The molecule has 0 aromatic heterocycles. The van der Waals surface area contributed by atoms with Gasteiger partial charge in [-0.15, -0.1) is 0 Å². The van der Waals surface area contributed by atoms with Gasteiger partial charge in [-0.25, -0.2) is 8.78 Å². The summed E-state index contributed by atoms with van der Waals surface area (Å²) in [4.78, 5) is 0. The molecule has 0 aliphatic heterocycles. The van der Waals surface area contributed by atoms with E-state index < -0.39 is 12.3 Å². The summed E-state index contributed by atoms with van der Waals surface area (Å²) in [5.74, 6) is 0. The Labute approximate surface area is 36.2 Å². The number of hydrogen-bond acceptors (Lipinski definition) is 0. The Balaban J connectivity index is 2.99. The van der Waals surface area contributed by atoms with E-state index in [1.54, 1.807) is 0 Å². The van der Waals surface area contributed by atoms with E-state index in [0.29, 0.717) is 0 Å². The highest BCUT2D eigenvalue weighted by atomic mass is 19.2. The average Bonchev–Trinajstić information content (AvgIpc) is 1.36. The van der Waals surface area contributed by atoms with E-state index in [-0.39, 0.29) is 0 Å². The van der Waals surface area contributed by atoms with Crippen LogP contribution in [0.5, 0.6) is 0 Å². The van der Waals surface area contributed by atoms with E-state index >= 15 is 0 Å². The molecule has 0 bridgehead atoms. The van der Waals surface area contributed by atoms with Gasteiger partial charge in [0.1, 0.15) is 12.3 Å². The van der Waals surface area contributed by atoms with Crippen molar-refractivity contribution in [1.82, 2.24) is 0 Å². The summed E-state index contributed by atoms with van der Waals surface area (Å²) in [7, 11) is 0. The molecule has 0 nitrogen and oxygen atoms in total.